The molecule has 19 heavy (non-hydrogen) atoms. The number of thiophene rings is 1. The molecule has 2 rings (SSSR count). The van der Waals surface area contributed by atoms with Crippen molar-refractivity contribution in [2.45, 2.75) is 26.3 Å². The number of likely N-dealkylation sites (N-methyl/N-ethyl adjacent to an activating group) is 1. The smallest absolute Gasteiger partial charge is 0.0456 e. The average Bonchev–Trinajstić information content (AvgIpc) is 2.79. The topological polar surface area (TPSA) is 12.0 Å². The van der Waals surface area contributed by atoms with Crippen LogP contribution >= 0.6 is 34.5 Å². The molecule has 0 spiro atoms. The van der Waals surface area contributed by atoms with Crippen molar-refractivity contribution in [1.82, 2.24) is 5.32 Å². The van der Waals surface area contributed by atoms with E-state index in [2.05, 4.69) is 31.3 Å². The van der Waals surface area contributed by atoms with Crippen LogP contribution in [-0.2, 0) is 6.42 Å². The molecule has 0 radical (unpaired) electrons. The van der Waals surface area contributed by atoms with Crippen LogP contribution in [0.25, 0.3) is 0 Å². The summed E-state index contributed by atoms with van der Waals surface area (Å²) in [5.74, 6) is 0. The number of halogens is 2. The highest BCUT2D eigenvalue weighted by Gasteiger charge is 2.16. The highest BCUT2D eigenvalue weighted by atomic mass is 35.5. The summed E-state index contributed by atoms with van der Waals surface area (Å²) in [4.78, 5) is 2.65. The minimum absolute atomic E-state index is 0.265. The van der Waals surface area contributed by atoms with E-state index in [0.717, 1.165) is 28.6 Å². The van der Waals surface area contributed by atoms with Gasteiger partial charge in [-0.3, -0.25) is 0 Å². The molecule has 0 bridgehead atoms. The normalized spacial score (nSPS) is 12.6. The van der Waals surface area contributed by atoms with Gasteiger partial charge in [0.1, 0.15) is 0 Å². The third-order valence-corrected chi connectivity index (χ3v) is 4.85. The molecule has 4 heteroatoms. The molecule has 2 aromatic rings. The highest BCUT2D eigenvalue weighted by Crippen LogP contribution is 2.31. The maximum Gasteiger partial charge on any atom is 0.0456 e. The third kappa shape index (κ3) is 3.73. The predicted molar refractivity (Wildman–Crippen MR) is 85.6 cm³/mol. The van der Waals surface area contributed by atoms with Gasteiger partial charge in [-0.15, -0.1) is 11.3 Å². The number of aryl methyl sites for hydroxylation is 1. The molecular formula is C15H17Cl2NS. The van der Waals surface area contributed by atoms with Crippen molar-refractivity contribution in [2.75, 3.05) is 6.54 Å². The molecule has 1 unspecified atom stereocenters. The molecule has 1 N–H and O–H groups in total. The fourth-order valence-electron chi connectivity index (χ4n) is 2.09. The first kappa shape index (κ1) is 14.9. The monoisotopic (exact) mass is 313 g/mol. The Morgan fingerprint density at radius 3 is 2.37 bits per heavy atom. The van der Waals surface area contributed by atoms with Crippen molar-refractivity contribution in [3.8, 4) is 0 Å². The van der Waals surface area contributed by atoms with Crippen LogP contribution in [-0.4, -0.2) is 6.54 Å². The van der Waals surface area contributed by atoms with Crippen LogP contribution in [0.2, 0.25) is 10.0 Å². The lowest BCUT2D eigenvalue weighted by molar-refractivity contribution is 0.558. The molecule has 1 nitrogen and oxygen atoms in total. The van der Waals surface area contributed by atoms with Gasteiger partial charge >= 0.3 is 0 Å². The molecule has 0 aliphatic carbocycles. The molecule has 0 amide bonds. The lowest BCUT2D eigenvalue weighted by Crippen LogP contribution is -2.22. The van der Waals surface area contributed by atoms with E-state index in [-0.39, 0.29) is 6.04 Å². The number of nitrogens with one attached hydrogen (secondary N) is 1. The first-order valence-corrected chi connectivity index (χ1v) is 7.91. The molecule has 0 aliphatic heterocycles. The van der Waals surface area contributed by atoms with Gasteiger partial charge in [0.05, 0.1) is 0 Å². The van der Waals surface area contributed by atoms with E-state index in [1.165, 1.54) is 9.75 Å². The second-order valence-electron chi connectivity index (χ2n) is 4.46. The van der Waals surface area contributed by atoms with Crippen molar-refractivity contribution in [3.63, 3.8) is 0 Å². The Morgan fingerprint density at radius 2 is 1.84 bits per heavy atom. The molecule has 0 saturated heterocycles. The molecule has 0 saturated carbocycles. The van der Waals surface area contributed by atoms with Crippen molar-refractivity contribution >= 4 is 34.5 Å². The van der Waals surface area contributed by atoms with Gasteiger partial charge in [-0.05, 0) is 49.7 Å². The molecule has 0 aliphatic rings. The van der Waals surface area contributed by atoms with E-state index in [0.29, 0.717) is 0 Å². The van der Waals surface area contributed by atoms with Gasteiger partial charge in [0.15, 0.2) is 0 Å². The number of hydrogen-bond acceptors (Lipinski definition) is 2. The van der Waals surface area contributed by atoms with Crippen molar-refractivity contribution < 1.29 is 0 Å². The first-order valence-electron chi connectivity index (χ1n) is 6.34. The van der Waals surface area contributed by atoms with Crippen LogP contribution in [0, 0.1) is 6.92 Å². The summed E-state index contributed by atoms with van der Waals surface area (Å²) in [6.45, 7) is 5.16. The summed E-state index contributed by atoms with van der Waals surface area (Å²) in [6, 6.07) is 10.3. The molecule has 0 fully saturated rings. The largest absolute Gasteiger partial charge is 0.309 e. The zero-order chi connectivity index (χ0) is 13.8. The van der Waals surface area contributed by atoms with Crippen LogP contribution < -0.4 is 5.32 Å². The van der Waals surface area contributed by atoms with Gasteiger partial charge in [-0.25, -0.2) is 0 Å². The summed E-state index contributed by atoms with van der Waals surface area (Å²) in [6.07, 6.45) is 0.812. The highest BCUT2D eigenvalue weighted by molar-refractivity contribution is 7.12. The minimum atomic E-state index is 0.265. The first-order chi connectivity index (χ1) is 9.11. The Hall–Kier alpha value is -0.540. The SMILES string of the molecule is CCNC(Cc1c(Cl)cccc1Cl)c1ccc(C)s1. The Bertz CT molecular complexity index is 531. The zero-order valence-corrected chi connectivity index (χ0v) is 13.4. The molecule has 1 aromatic carbocycles. The summed E-state index contributed by atoms with van der Waals surface area (Å²) < 4.78 is 0. The lowest BCUT2D eigenvalue weighted by atomic mass is 10.0. The average molecular weight is 314 g/mol. The number of rotatable bonds is 5. The molecule has 1 heterocycles. The number of benzene rings is 1. The van der Waals surface area contributed by atoms with Crippen molar-refractivity contribution in [1.29, 1.82) is 0 Å². The Labute approximate surface area is 128 Å². The quantitative estimate of drug-likeness (QED) is 0.794. The molecule has 1 aromatic heterocycles. The van der Waals surface area contributed by atoms with Crippen LogP contribution in [0.15, 0.2) is 30.3 Å². The second kappa shape index (κ2) is 6.76. The maximum atomic E-state index is 6.26. The van der Waals surface area contributed by atoms with Gasteiger partial charge in [0.2, 0.25) is 0 Å². The Kier molecular flexibility index (Phi) is 5.28. The van der Waals surface area contributed by atoms with Gasteiger partial charge < -0.3 is 5.32 Å². The third-order valence-electron chi connectivity index (χ3n) is 3.03. The summed E-state index contributed by atoms with van der Waals surface area (Å²) in [7, 11) is 0. The van der Waals surface area contributed by atoms with Gasteiger partial charge in [0, 0.05) is 25.8 Å². The van der Waals surface area contributed by atoms with Crippen LogP contribution in [0.5, 0.6) is 0 Å². The van der Waals surface area contributed by atoms with Crippen LogP contribution in [0.3, 0.4) is 0 Å². The van der Waals surface area contributed by atoms with E-state index in [9.17, 15) is 0 Å². The van der Waals surface area contributed by atoms with Crippen molar-refractivity contribution in [3.05, 3.63) is 55.7 Å². The predicted octanol–water partition coefficient (Wildman–Crippen LogP) is 5.26. The Balaban J connectivity index is 2.26. The molecule has 102 valence electrons. The van der Waals surface area contributed by atoms with E-state index < -0.39 is 0 Å². The van der Waals surface area contributed by atoms with E-state index >= 15 is 0 Å². The van der Waals surface area contributed by atoms with E-state index in [1.807, 2.05) is 29.5 Å². The minimum Gasteiger partial charge on any atom is -0.309 e. The molecule has 1 atom stereocenters. The molecular weight excluding hydrogens is 297 g/mol. The standard InChI is InChI=1S/C15H17Cl2NS/c1-3-18-14(15-8-7-10(2)19-15)9-11-12(16)5-4-6-13(11)17/h4-8,14,18H,3,9H2,1-2H3. The fraction of sp³-hybridized carbons (Fsp3) is 0.333. The van der Waals surface area contributed by atoms with E-state index in [1.54, 1.807) is 0 Å². The van der Waals surface area contributed by atoms with Crippen molar-refractivity contribution in [2.24, 2.45) is 0 Å². The Morgan fingerprint density at radius 1 is 1.16 bits per heavy atom. The summed E-state index contributed by atoms with van der Waals surface area (Å²) in [5.41, 5.74) is 1.02. The second-order valence-corrected chi connectivity index (χ2v) is 6.60. The van der Waals surface area contributed by atoms with Gasteiger partial charge in [0.25, 0.3) is 0 Å². The number of hydrogen-bond donors (Lipinski definition) is 1. The maximum absolute atomic E-state index is 6.26. The van der Waals surface area contributed by atoms with Crippen LogP contribution in [0.4, 0.5) is 0 Å². The summed E-state index contributed by atoms with van der Waals surface area (Å²) in [5, 5.41) is 4.99. The zero-order valence-electron chi connectivity index (χ0n) is 11.0. The fourth-order valence-corrected chi connectivity index (χ4v) is 3.60. The summed E-state index contributed by atoms with van der Waals surface area (Å²) >= 11 is 14.3. The van der Waals surface area contributed by atoms with Gasteiger partial charge in [-0.1, -0.05) is 36.2 Å². The lowest BCUT2D eigenvalue weighted by Gasteiger charge is -2.18. The van der Waals surface area contributed by atoms with Crippen LogP contribution in [0.1, 0.15) is 28.3 Å². The van der Waals surface area contributed by atoms with E-state index in [4.69, 9.17) is 23.2 Å². The van der Waals surface area contributed by atoms with Gasteiger partial charge in [-0.2, -0.15) is 0 Å².